The van der Waals surface area contributed by atoms with Crippen LogP contribution < -0.4 is 10.2 Å². The van der Waals surface area contributed by atoms with Gasteiger partial charge >= 0.3 is 0 Å². The summed E-state index contributed by atoms with van der Waals surface area (Å²) >= 11 is 0. The summed E-state index contributed by atoms with van der Waals surface area (Å²) in [5, 5.41) is 3.46. The second-order valence-corrected chi connectivity index (χ2v) is 5.67. The Balaban J connectivity index is 2.18. The van der Waals surface area contributed by atoms with Crippen molar-refractivity contribution in [1.82, 2.24) is 15.3 Å². The lowest BCUT2D eigenvalue weighted by Crippen LogP contribution is -2.25. The summed E-state index contributed by atoms with van der Waals surface area (Å²) in [6.45, 7) is 7.95. The summed E-state index contributed by atoms with van der Waals surface area (Å²) in [5.74, 6) is 0. The highest BCUT2D eigenvalue weighted by molar-refractivity contribution is 5.53. The van der Waals surface area contributed by atoms with Gasteiger partial charge in [0.25, 0.3) is 0 Å². The van der Waals surface area contributed by atoms with Gasteiger partial charge in [-0.05, 0) is 25.1 Å². The molecular weight excluding hydrogens is 260 g/mol. The Bertz CT molecular complexity index is 566. The van der Waals surface area contributed by atoms with Crippen LogP contribution in [0.25, 0.3) is 0 Å². The number of hydrogen-bond donors (Lipinski definition) is 1. The van der Waals surface area contributed by atoms with E-state index in [9.17, 15) is 0 Å². The number of rotatable bonds is 6. The van der Waals surface area contributed by atoms with E-state index in [4.69, 9.17) is 0 Å². The molecule has 21 heavy (non-hydrogen) atoms. The van der Waals surface area contributed by atoms with Crippen LogP contribution in [0.4, 0.5) is 5.69 Å². The summed E-state index contributed by atoms with van der Waals surface area (Å²) in [6, 6.07) is 8.62. The first kappa shape index (κ1) is 15.4. The zero-order chi connectivity index (χ0) is 15.2. The van der Waals surface area contributed by atoms with E-state index in [2.05, 4.69) is 53.2 Å². The standard InChI is InChI=1S/C17H24N4/c1-13(2)19-10-15-11-20-14(3)9-17(15)21(4)12-16-7-5-6-8-18-16/h5-9,11,13,19H,10,12H2,1-4H3. The highest BCUT2D eigenvalue weighted by Gasteiger charge is 2.10. The Morgan fingerprint density at radius 2 is 2.05 bits per heavy atom. The molecule has 0 aliphatic heterocycles. The lowest BCUT2D eigenvalue weighted by Gasteiger charge is -2.23. The van der Waals surface area contributed by atoms with Crippen molar-refractivity contribution in [1.29, 1.82) is 0 Å². The number of anilines is 1. The quantitative estimate of drug-likeness (QED) is 0.885. The smallest absolute Gasteiger partial charge is 0.0598 e. The van der Waals surface area contributed by atoms with Crippen LogP contribution in [0, 0.1) is 6.92 Å². The summed E-state index contributed by atoms with van der Waals surface area (Å²) in [4.78, 5) is 11.1. The van der Waals surface area contributed by atoms with Crippen LogP contribution in [0.5, 0.6) is 0 Å². The predicted octanol–water partition coefficient (Wildman–Crippen LogP) is 2.92. The monoisotopic (exact) mass is 284 g/mol. The molecule has 4 nitrogen and oxygen atoms in total. The minimum Gasteiger partial charge on any atom is -0.368 e. The van der Waals surface area contributed by atoms with Crippen molar-refractivity contribution in [2.24, 2.45) is 0 Å². The van der Waals surface area contributed by atoms with Gasteiger partial charge in [0.15, 0.2) is 0 Å². The third kappa shape index (κ3) is 4.53. The Labute approximate surface area is 127 Å². The molecule has 0 aromatic carbocycles. The minimum atomic E-state index is 0.459. The van der Waals surface area contributed by atoms with Gasteiger partial charge in [-0.1, -0.05) is 19.9 Å². The van der Waals surface area contributed by atoms with E-state index in [-0.39, 0.29) is 0 Å². The van der Waals surface area contributed by atoms with Crippen LogP contribution in [-0.4, -0.2) is 23.1 Å². The largest absolute Gasteiger partial charge is 0.368 e. The van der Waals surface area contributed by atoms with Crippen molar-refractivity contribution in [2.45, 2.75) is 39.9 Å². The molecule has 0 radical (unpaired) electrons. The Morgan fingerprint density at radius 3 is 2.71 bits per heavy atom. The average Bonchev–Trinajstić information content (AvgIpc) is 2.46. The number of pyridine rings is 2. The molecule has 0 saturated heterocycles. The second-order valence-electron chi connectivity index (χ2n) is 5.67. The van der Waals surface area contributed by atoms with Gasteiger partial charge in [-0.25, -0.2) is 0 Å². The Hall–Kier alpha value is -1.94. The number of nitrogens with zero attached hydrogens (tertiary/aromatic N) is 3. The summed E-state index contributed by atoms with van der Waals surface area (Å²) in [7, 11) is 2.10. The number of aromatic nitrogens is 2. The maximum absolute atomic E-state index is 4.42. The molecular formula is C17H24N4. The molecule has 112 valence electrons. The van der Waals surface area contributed by atoms with Crippen LogP contribution in [0.1, 0.15) is 30.8 Å². The Kier molecular flexibility index (Phi) is 5.28. The predicted molar refractivity (Wildman–Crippen MR) is 87.3 cm³/mol. The van der Waals surface area contributed by atoms with Crippen molar-refractivity contribution >= 4 is 5.69 Å². The zero-order valence-corrected chi connectivity index (χ0v) is 13.3. The molecule has 2 aromatic heterocycles. The molecule has 1 N–H and O–H groups in total. The van der Waals surface area contributed by atoms with E-state index in [0.29, 0.717) is 6.04 Å². The van der Waals surface area contributed by atoms with Gasteiger partial charge in [-0.2, -0.15) is 0 Å². The SMILES string of the molecule is Cc1cc(N(C)Cc2ccccn2)c(CNC(C)C)cn1. The number of hydrogen-bond acceptors (Lipinski definition) is 4. The molecule has 0 aliphatic carbocycles. The molecule has 2 aromatic rings. The van der Waals surface area contributed by atoms with Crippen molar-refractivity contribution in [3.05, 3.63) is 53.6 Å². The molecule has 4 heteroatoms. The molecule has 0 atom stereocenters. The number of nitrogens with one attached hydrogen (secondary N) is 1. The van der Waals surface area contributed by atoms with E-state index in [1.807, 2.05) is 31.5 Å². The van der Waals surface area contributed by atoms with E-state index in [1.165, 1.54) is 11.3 Å². The normalized spacial score (nSPS) is 10.9. The fourth-order valence-electron chi connectivity index (χ4n) is 2.20. The molecule has 2 heterocycles. The lowest BCUT2D eigenvalue weighted by atomic mass is 10.1. The molecule has 0 fully saturated rings. The molecule has 0 unspecified atom stereocenters. The van der Waals surface area contributed by atoms with Crippen LogP contribution in [0.15, 0.2) is 36.7 Å². The Morgan fingerprint density at radius 1 is 1.24 bits per heavy atom. The fourth-order valence-corrected chi connectivity index (χ4v) is 2.20. The van der Waals surface area contributed by atoms with Crippen LogP contribution in [0.3, 0.4) is 0 Å². The van der Waals surface area contributed by atoms with Gasteiger partial charge in [0.05, 0.1) is 12.2 Å². The van der Waals surface area contributed by atoms with Gasteiger partial charge in [-0.3, -0.25) is 9.97 Å². The van der Waals surface area contributed by atoms with Gasteiger partial charge in [0.2, 0.25) is 0 Å². The molecule has 0 bridgehead atoms. The maximum atomic E-state index is 4.42. The minimum absolute atomic E-state index is 0.459. The van der Waals surface area contributed by atoms with Gasteiger partial charge in [-0.15, -0.1) is 0 Å². The van der Waals surface area contributed by atoms with E-state index >= 15 is 0 Å². The molecule has 0 aliphatic rings. The molecule has 0 amide bonds. The fraction of sp³-hybridized carbons (Fsp3) is 0.412. The highest BCUT2D eigenvalue weighted by Crippen LogP contribution is 2.21. The highest BCUT2D eigenvalue weighted by atomic mass is 15.1. The van der Waals surface area contributed by atoms with E-state index in [0.717, 1.165) is 24.5 Å². The van der Waals surface area contributed by atoms with Crippen molar-refractivity contribution in [2.75, 3.05) is 11.9 Å². The van der Waals surface area contributed by atoms with Gasteiger partial charge < -0.3 is 10.2 Å². The van der Waals surface area contributed by atoms with Gasteiger partial charge in [0.1, 0.15) is 0 Å². The first-order chi connectivity index (χ1) is 10.1. The maximum Gasteiger partial charge on any atom is 0.0598 e. The topological polar surface area (TPSA) is 41.1 Å². The zero-order valence-electron chi connectivity index (χ0n) is 13.3. The third-order valence-corrected chi connectivity index (χ3v) is 3.34. The van der Waals surface area contributed by atoms with E-state index in [1.54, 1.807) is 0 Å². The van der Waals surface area contributed by atoms with Crippen LogP contribution in [-0.2, 0) is 13.1 Å². The molecule has 2 rings (SSSR count). The first-order valence-electron chi connectivity index (χ1n) is 7.36. The summed E-state index contributed by atoms with van der Waals surface area (Å²) in [6.07, 6.45) is 3.80. The average molecular weight is 284 g/mol. The van der Waals surface area contributed by atoms with Crippen molar-refractivity contribution < 1.29 is 0 Å². The number of aryl methyl sites for hydroxylation is 1. The third-order valence-electron chi connectivity index (χ3n) is 3.34. The summed E-state index contributed by atoms with van der Waals surface area (Å²) in [5.41, 5.74) is 4.53. The van der Waals surface area contributed by atoms with Crippen LogP contribution >= 0.6 is 0 Å². The van der Waals surface area contributed by atoms with Crippen molar-refractivity contribution in [3.63, 3.8) is 0 Å². The van der Waals surface area contributed by atoms with E-state index < -0.39 is 0 Å². The summed E-state index contributed by atoms with van der Waals surface area (Å²) < 4.78 is 0. The molecule has 0 spiro atoms. The van der Waals surface area contributed by atoms with Crippen molar-refractivity contribution in [3.8, 4) is 0 Å². The molecule has 0 saturated carbocycles. The second kappa shape index (κ2) is 7.18. The lowest BCUT2D eigenvalue weighted by molar-refractivity contribution is 0.587. The van der Waals surface area contributed by atoms with Gasteiger partial charge in [0, 0.05) is 49.0 Å². The van der Waals surface area contributed by atoms with Crippen LogP contribution in [0.2, 0.25) is 0 Å². The first-order valence-corrected chi connectivity index (χ1v) is 7.36.